The molecule has 0 saturated carbocycles. The molecule has 0 spiro atoms. The minimum atomic E-state index is 0.0158. The lowest BCUT2D eigenvalue weighted by atomic mass is 9.91. The molecule has 2 saturated heterocycles. The van der Waals surface area contributed by atoms with E-state index < -0.39 is 0 Å². The van der Waals surface area contributed by atoms with E-state index in [0.29, 0.717) is 44.4 Å². The fourth-order valence-electron chi connectivity index (χ4n) is 4.44. The molecule has 2 aromatic rings. The summed E-state index contributed by atoms with van der Waals surface area (Å²) < 4.78 is 5.55. The van der Waals surface area contributed by atoms with Gasteiger partial charge in [-0.25, -0.2) is 4.98 Å². The fraction of sp³-hybridized carbons (Fsp3) is 0.500. The molecule has 2 amide bonds. The van der Waals surface area contributed by atoms with Crippen LogP contribution in [0.25, 0.3) is 11.1 Å². The maximum atomic E-state index is 12.5. The van der Waals surface area contributed by atoms with Crippen molar-refractivity contribution in [2.45, 2.75) is 38.5 Å². The molecule has 0 radical (unpaired) electrons. The zero-order valence-corrected chi connectivity index (χ0v) is 18.6. The van der Waals surface area contributed by atoms with Gasteiger partial charge in [-0.05, 0) is 56.0 Å². The molecule has 170 valence electrons. The number of pyridine rings is 2. The lowest BCUT2D eigenvalue weighted by molar-refractivity contribution is -0.137. The highest BCUT2D eigenvalue weighted by atomic mass is 16.5. The third-order valence-corrected chi connectivity index (χ3v) is 6.26. The Balaban J connectivity index is 1.27. The first-order valence-electron chi connectivity index (χ1n) is 11.3. The predicted molar refractivity (Wildman–Crippen MR) is 122 cm³/mol. The number of anilines is 1. The van der Waals surface area contributed by atoms with Gasteiger partial charge in [0.05, 0.1) is 6.61 Å². The summed E-state index contributed by atoms with van der Waals surface area (Å²) in [6, 6.07) is 7.97. The molecule has 2 aromatic heterocycles. The molecule has 32 heavy (non-hydrogen) atoms. The minimum Gasteiger partial charge on any atom is -0.384 e. The van der Waals surface area contributed by atoms with Crippen LogP contribution in [-0.4, -0.2) is 71.0 Å². The van der Waals surface area contributed by atoms with E-state index in [1.807, 2.05) is 17.9 Å². The zero-order valence-electron chi connectivity index (χ0n) is 18.6. The van der Waals surface area contributed by atoms with E-state index in [1.165, 1.54) is 0 Å². The van der Waals surface area contributed by atoms with Gasteiger partial charge in [0, 0.05) is 61.7 Å². The van der Waals surface area contributed by atoms with E-state index in [0.717, 1.165) is 48.3 Å². The SMILES string of the molecule is Cc1cc(-c2ccc(N)nc2)cc(C2CCN(C(=O)COCCN3CCCC3=O)CC2)n1. The van der Waals surface area contributed by atoms with Crippen LogP contribution in [0.5, 0.6) is 0 Å². The van der Waals surface area contributed by atoms with Crippen molar-refractivity contribution in [3.63, 3.8) is 0 Å². The lowest BCUT2D eigenvalue weighted by Crippen LogP contribution is -2.40. The van der Waals surface area contributed by atoms with E-state index in [4.69, 9.17) is 15.5 Å². The third kappa shape index (κ3) is 5.43. The Hall–Kier alpha value is -3.00. The molecular formula is C24H31N5O3. The van der Waals surface area contributed by atoms with E-state index in [9.17, 15) is 9.59 Å². The summed E-state index contributed by atoms with van der Waals surface area (Å²) in [4.78, 5) is 36.8. The Morgan fingerprint density at radius 1 is 1.19 bits per heavy atom. The Morgan fingerprint density at radius 2 is 2.00 bits per heavy atom. The van der Waals surface area contributed by atoms with Crippen molar-refractivity contribution < 1.29 is 14.3 Å². The summed E-state index contributed by atoms with van der Waals surface area (Å²) in [5, 5.41) is 0. The number of hydrogen-bond acceptors (Lipinski definition) is 6. The van der Waals surface area contributed by atoms with E-state index >= 15 is 0 Å². The summed E-state index contributed by atoms with van der Waals surface area (Å²) in [6.45, 7) is 5.25. The van der Waals surface area contributed by atoms with Crippen LogP contribution in [0, 0.1) is 6.92 Å². The highest BCUT2D eigenvalue weighted by Crippen LogP contribution is 2.30. The zero-order chi connectivity index (χ0) is 22.5. The number of piperidine rings is 1. The fourth-order valence-corrected chi connectivity index (χ4v) is 4.44. The van der Waals surface area contributed by atoms with Crippen molar-refractivity contribution >= 4 is 17.6 Å². The number of nitrogen functional groups attached to an aromatic ring is 1. The molecule has 0 unspecified atom stereocenters. The maximum Gasteiger partial charge on any atom is 0.248 e. The number of rotatable bonds is 7. The number of hydrogen-bond donors (Lipinski definition) is 1. The molecule has 4 rings (SSSR count). The molecule has 0 aliphatic carbocycles. The van der Waals surface area contributed by atoms with Crippen molar-refractivity contribution in [3.05, 3.63) is 41.9 Å². The number of likely N-dealkylation sites (tertiary alicyclic amines) is 2. The van der Waals surface area contributed by atoms with Gasteiger partial charge in [0.15, 0.2) is 0 Å². The van der Waals surface area contributed by atoms with Gasteiger partial charge < -0.3 is 20.3 Å². The largest absolute Gasteiger partial charge is 0.384 e. The monoisotopic (exact) mass is 437 g/mol. The van der Waals surface area contributed by atoms with Crippen LogP contribution >= 0.6 is 0 Å². The number of ether oxygens (including phenoxy) is 1. The van der Waals surface area contributed by atoms with Crippen LogP contribution in [-0.2, 0) is 14.3 Å². The first-order chi connectivity index (χ1) is 15.5. The number of aromatic nitrogens is 2. The van der Waals surface area contributed by atoms with E-state index in [2.05, 4.69) is 17.1 Å². The molecule has 2 aliphatic rings. The second kappa shape index (κ2) is 10.1. The second-order valence-corrected chi connectivity index (χ2v) is 8.59. The van der Waals surface area contributed by atoms with Gasteiger partial charge in [0.25, 0.3) is 0 Å². The Labute approximate surface area is 188 Å². The molecule has 0 atom stereocenters. The van der Waals surface area contributed by atoms with Crippen molar-refractivity contribution in [1.29, 1.82) is 0 Å². The molecule has 0 bridgehead atoms. The summed E-state index contributed by atoms with van der Waals surface area (Å²) in [7, 11) is 0. The Bertz CT molecular complexity index is 955. The molecular weight excluding hydrogens is 406 g/mol. The molecule has 0 aromatic carbocycles. The smallest absolute Gasteiger partial charge is 0.248 e. The number of aryl methyl sites for hydroxylation is 1. The highest BCUT2D eigenvalue weighted by Gasteiger charge is 2.25. The van der Waals surface area contributed by atoms with Gasteiger partial charge in [-0.3, -0.25) is 14.6 Å². The van der Waals surface area contributed by atoms with Crippen LogP contribution in [0.1, 0.15) is 43.0 Å². The molecule has 8 nitrogen and oxygen atoms in total. The van der Waals surface area contributed by atoms with Crippen molar-refractivity contribution in [2.24, 2.45) is 0 Å². The third-order valence-electron chi connectivity index (χ3n) is 6.26. The maximum absolute atomic E-state index is 12.5. The number of carbonyl (C=O) groups is 2. The van der Waals surface area contributed by atoms with Crippen LogP contribution in [0.3, 0.4) is 0 Å². The second-order valence-electron chi connectivity index (χ2n) is 8.59. The predicted octanol–water partition coefficient (Wildman–Crippen LogP) is 2.38. The van der Waals surface area contributed by atoms with Gasteiger partial charge in [-0.2, -0.15) is 0 Å². The number of nitrogens with two attached hydrogens (primary N) is 1. The van der Waals surface area contributed by atoms with Crippen molar-refractivity contribution in [1.82, 2.24) is 19.8 Å². The first-order valence-corrected chi connectivity index (χ1v) is 11.3. The molecule has 8 heteroatoms. The minimum absolute atomic E-state index is 0.0158. The summed E-state index contributed by atoms with van der Waals surface area (Å²) in [5.41, 5.74) is 9.85. The van der Waals surface area contributed by atoms with E-state index in [1.54, 1.807) is 17.2 Å². The summed E-state index contributed by atoms with van der Waals surface area (Å²) >= 11 is 0. The van der Waals surface area contributed by atoms with Gasteiger partial charge >= 0.3 is 0 Å². The van der Waals surface area contributed by atoms with Crippen LogP contribution in [0.4, 0.5) is 5.82 Å². The van der Waals surface area contributed by atoms with Crippen molar-refractivity contribution in [3.8, 4) is 11.1 Å². The topological polar surface area (TPSA) is 102 Å². The normalized spacial score (nSPS) is 17.2. The van der Waals surface area contributed by atoms with Gasteiger partial charge in [-0.1, -0.05) is 0 Å². The Kier molecular flexibility index (Phi) is 6.99. The number of amides is 2. The average molecular weight is 438 g/mol. The van der Waals surface area contributed by atoms with Gasteiger partial charge in [0.2, 0.25) is 11.8 Å². The summed E-state index contributed by atoms with van der Waals surface area (Å²) in [6.07, 6.45) is 5.09. The van der Waals surface area contributed by atoms with Crippen LogP contribution in [0.15, 0.2) is 30.5 Å². The van der Waals surface area contributed by atoms with Crippen LogP contribution in [0.2, 0.25) is 0 Å². The quantitative estimate of drug-likeness (QED) is 0.668. The van der Waals surface area contributed by atoms with Crippen molar-refractivity contribution in [2.75, 3.05) is 45.1 Å². The Morgan fingerprint density at radius 3 is 2.69 bits per heavy atom. The number of carbonyl (C=O) groups excluding carboxylic acids is 2. The molecule has 2 N–H and O–H groups in total. The van der Waals surface area contributed by atoms with Crippen LogP contribution < -0.4 is 5.73 Å². The standard InChI is InChI=1S/C24H31N5O3/c1-17-13-20(19-4-5-22(25)26-15-19)14-21(27-17)18-6-9-29(10-7-18)24(31)16-32-12-11-28-8-2-3-23(28)30/h4-5,13-15,18H,2-3,6-12,16H2,1H3,(H2,25,26). The lowest BCUT2D eigenvalue weighted by Gasteiger charge is -2.32. The van der Waals surface area contributed by atoms with Gasteiger partial charge in [0.1, 0.15) is 12.4 Å². The molecule has 4 heterocycles. The number of nitrogens with zero attached hydrogens (tertiary/aromatic N) is 4. The first kappa shape index (κ1) is 22.2. The molecule has 2 fully saturated rings. The van der Waals surface area contributed by atoms with E-state index in [-0.39, 0.29) is 18.4 Å². The molecule has 2 aliphatic heterocycles. The summed E-state index contributed by atoms with van der Waals surface area (Å²) in [5.74, 6) is 1.02. The average Bonchev–Trinajstić information content (AvgIpc) is 3.21. The highest BCUT2D eigenvalue weighted by molar-refractivity contribution is 5.78. The van der Waals surface area contributed by atoms with Gasteiger partial charge in [-0.15, -0.1) is 0 Å².